The van der Waals surface area contributed by atoms with Crippen LogP contribution in [0, 0.1) is 0 Å². The fraction of sp³-hybridized carbons (Fsp3) is 0.200. The van der Waals surface area contributed by atoms with Crippen LogP contribution < -0.4 is 5.56 Å². The van der Waals surface area contributed by atoms with Crippen molar-refractivity contribution in [1.29, 1.82) is 0 Å². The predicted octanol–water partition coefficient (Wildman–Crippen LogP) is 2.48. The molecule has 3 rings (SSSR count). The number of nitrogens with one attached hydrogen (secondary N) is 1. The number of aromatic amines is 1. The molecule has 0 fully saturated rings. The SMILES string of the molecule is CCOC(=O)c1cc(-c2ccco2)nc2nc(SC)[nH]c(=O)c12. The molecule has 8 heteroatoms. The number of carbonyl (C=O) groups is 1. The van der Waals surface area contributed by atoms with Crippen LogP contribution in [0.5, 0.6) is 0 Å². The second kappa shape index (κ2) is 6.25. The molecule has 0 saturated carbocycles. The lowest BCUT2D eigenvalue weighted by Crippen LogP contribution is -2.16. The van der Waals surface area contributed by atoms with E-state index in [1.807, 2.05) is 0 Å². The summed E-state index contributed by atoms with van der Waals surface area (Å²) in [5, 5.41) is 0.526. The Morgan fingerprint density at radius 1 is 1.43 bits per heavy atom. The van der Waals surface area contributed by atoms with E-state index < -0.39 is 11.5 Å². The van der Waals surface area contributed by atoms with Crippen LogP contribution >= 0.6 is 11.8 Å². The molecule has 0 amide bonds. The number of rotatable bonds is 4. The minimum Gasteiger partial charge on any atom is -0.463 e. The highest BCUT2D eigenvalue weighted by Gasteiger charge is 2.20. The Kier molecular flexibility index (Phi) is 4.16. The fourth-order valence-corrected chi connectivity index (χ4v) is 2.51. The zero-order valence-electron chi connectivity index (χ0n) is 12.5. The van der Waals surface area contributed by atoms with Crippen molar-refractivity contribution in [2.24, 2.45) is 0 Å². The van der Waals surface area contributed by atoms with Crippen molar-refractivity contribution >= 4 is 28.8 Å². The van der Waals surface area contributed by atoms with Gasteiger partial charge < -0.3 is 14.1 Å². The van der Waals surface area contributed by atoms with Crippen molar-refractivity contribution in [1.82, 2.24) is 15.0 Å². The Bertz CT molecular complexity index is 918. The van der Waals surface area contributed by atoms with E-state index >= 15 is 0 Å². The molecule has 0 aliphatic carbocycles. The van der Waals surface area contributed by atoms with Crippen LogP contribution in [0.1, 0.15) is 17.3 Å². The lowest BCUT2D eigenvalue weighted by Gasteiger charge is -2.08. The topological polar surface area (TPSA) is 98.1 Å². The van der Waals surface area contributed by atoms with Gasteiger partial charge in [0.1, 0.15) is 5.69 Å². The summed E-state index contributed by atoms with van der Waals surface area (Å²) >= 11 is 1.28. The highest BCUT2D eigenvalue weighted by molar-refractivity contribution is 7.98. The standard InChI is InChI=1S/C15H13N3O4S/c1-3-21-14(20)8-7-9(10-5-4-6-22-10)16-12-11(8)13(19)18-15(17-12)23-2/h4-7H,3H2,1-2H3,(H,16,17,18,19). The molecule has 0 radical (unpaired) electrons. The quantitative estimate of drug-likeness (QED) is 0.445. The van der Waals surface area contributed by atoms with Gasteiger partial charge in [-0.15, -0.1) is 0 Å². The fourth-order valence-electron chi connectivity index (χ4n) is 2.14. The van der Waals surface area contributed by atoms with Crippen molar-refractivity contribution in [3.63, 3.8) is 0 Å². The van der Waals surface area contributed by atoms with E-state index in [-0.39, 0.29) is 23.2 Å². The lowest BCUT2D eigenvalue weighted by atomic mass is 10.1. The van der Waals surface area contributed by atoms with Crippen LogP contribution in [0.3, 0.4) is 0 Å². The van der Waals surface area contributed by atoms with E-state index in [1.165, 1.54) is 24.1 Å². The maximum Gasteiger partial charge on any atom is 0.339 e. The van der Waals surface area contributed by atoms with Crippen molar-refractivity contribution in [2.75, 3.05) is 12.9 Å². The molecule has 0 unspecified atom stereocenters. The summed E-state index contributed by atoms with van der Waals surface area (Å²) in [6.45, 7) is 1.90. The number of H-pyrrole nitrogens is 1. The number of pyridine rings is 1. The lowest BCUT2D eigenvalue weighted by molar-refractivity contribution is 0.0528. The first kappa shape index (κ1) is 15.3. The van der Waals surface area contributed by atoms with E-state index in [0.717, 1.165) is 0 Å². The maximum atomic E-state index is 12.3. The Balaban J connectivity index is 2.33. The zero-order chi connectivity index (χ0) is 16.4. The molecule has 7 nitrogen and oxygen atoms in total. The van der Waals surface area contributed by atoms with Gasteiger partial charge in [-0.1, -0.05) is 11.8 Å². The number of esters is 1. The number of aromatic nitrogens is 3. The highest BCUT2D eigenvalue weighted by atomic mass is 32.2. The monoisotopic (exact) mass is 331 g/mol. The van der Waals surface area contributed by atoms with Crippen LogP contribution in [-0.4, -0.2) is 33.8 Å². The smallest absolute Gasteiger partial charge is 0.339 e. The third kappa shape index (κ3) is 2.85. The molecular weight excluding hydrogens is 318 g/mol. The van der Waals surface area contributed by atoms with E-state index in [4.69, 9.17) is 9.15 Å². The first-order chi connectivity index (χ1) is 11.1. The molecule has 23 heavy (non-hydrogen) atoms. The average molecular weight is 331 g/mol. The molecule has 0 saturated heterocycles. The number of hydrogen-bond donors (Lipinski definition) is 1. The van der Waals surface area contributed by atoms with Crippen LogP contribution in [0.15, 0.2) is 38.8 Å². The van der Waals surface area contributed by atoms with Gasteiger partial charge in [0.25, 0.3) is 5.56 Å². The normalized spacial score (nSPS) is 10.9. The van der Waals surface area contributed by atoms with Crippen molar-refractivity contribution in [3.05, 3.63) is 40.4 Å². The van der Waals surface area contributed by atoms with Crippen molar-refractivity contribution in [2.45, 2.75) is 12.1 Å². The molecule has 1 N–H and O–H groups in total. The molecule has 3 aromatic rings. The Morgan fingerprint density at radius 2 is 2.26 bits per heavy atom. The zero-order valence-corrected chi connectivity index (χ0v) is 13.3. The minimum atomic E-state index is -0.600. The first-order valence-electron chi connectivity index (χ1n) is 6.84. The summed E-state index contributed by atoms with van der Waals surface area (Å²) in [5.41, 5.74) is 0.274. The molecule has 0 aliphatic heterocycles. The first-order valence-corrected chi connectivity index (χ1v) is 8.06. The third-order valence-corrected chi connectivity index (χ3v) is 3.70. The number of thioether (sulfide) groups is 1. The molecule has 0 aromatic carbocycles. The number of furan rings is 1. The van der Waals surface area contributed by atoms with Gasteiger partial charge in [0.2, 0.25) is 0 Å². The van der Waals surface area contributed by atoms with Crippen molar-refractivity contribution < 1.29 is 13.9 Å². The summed E-state index contributed by atoms with van der Waals surface area (Å²) < 4.78 is 10.4. The van der Waals surface area contributed by atoms with Gasteiger partial charge in [-0.25, -0.2) is 14.8 Å². The number of ether oxygens (including phenoxy) is 1. The van der Waals surface area contributed by atoms with E-state index in [9.17, 15) is 9.59 Å². The summed E-state index contributed by atoms with van der Waals surface area (Å²) in [7, 11) is 0. The van der Waals surface area contributed by atoms with Crippen molar-refractivity contribution in [3.8, 4) is 11.5 Å². The third-order valence-electron chi connectivity index (χ3n) is 3.12. The largest absolute Gasteiger partial charge is 0.463 e. The molecule has 0 aliphatic rings. The molecular formula is C15H13N3O4S. The second-order valence-electron chi connectivity index (χ2n) is 4.53. The van der Waals surface area contributed by atoms with Gasteiger partial charge in [0.05, 0.1) is 23.8 Å². The summed E-state index contributed by atoms with van der Waals surface area (Å²) in [6, 6.07) is 4.91. The van der Waals surface area contributed by atoms with Gasteiger partial charge in [-0.05, 0) is 31.4 Å². The molecule has 3 heterocycles. The molecule has 118 valence electrons. The number of carbonyl (C=O) groups excluding carboxylic acids is 1. The van der Waals surface area contributed by atoms with Gasteiger partial charge in [-0.2, -0.15) is 0 Å². The van der Waals surface area contributed by atoms with E-state index in [2.05, 4.69) is 15.0 Å². The van der Waals surface area contributed by atoms with Crippen LogP contribution in [-0.2, 0) is 4.74 Å². The minimum absolute atomic E-state index is 0.108. The number of fused-ring (bicyclic) bond motifs is 1. The molecule has 0 bridgehead atoms. The Labute approximate surface area is 135 Å². The number of nitrogens with zero attached hydrogens (tertiary/aromatic N) is 2. The van der Waals surface area contributed by atoms with Crippen LogP contribution in [0.2, 0.25) is 0 Å². The average Bonchev–Trinajstić information content (AvgIpc) is 3.08. The molecule has 0 atom stereocenters. The second-order valence-corrected chi connectivity index (χ2v) is 5.32. The van der Waals surface area contributed by atoms with Gasteiger partial charge in [0, 0.05) is 0 Å². The van der Waals surface area contributed by atoms with E-state index in [0.29, 0.717) is 16.6 Å². The highest BCUT2D eigenvalue weighted by Crippen LogP contribution is 2.24. The Hall–Kier alpha value is -2.61. The maximum absolute atomic E-state index is 12.3. The van der Waals surface area contributed by atoms with Crippen LogP contribution in [0.4, 0.5) is 0 Å². The summed E-state index contributed by atoms with van der Waals surface area (Å²) in [5.74, 6) is -0.123. The molecule has 3 aromatic heterocycles. The summed E-state index contributed by atoms with van der Waals surface area (Å²) in [4.78, 5) is 35.8. The predicted molar refractivity (Wildman–Crippen MR) is 85.6 cm³/mol. The van der Waals surface area contributed by atoms with E-state index in [1.54, 1.807) is 25.3 Å². The van der Waals surface area contributed by atoms with Crippen LogP contribution in [0.25, 0.3) is 22.5 Å². The van der Waals surface area contributed by atoms with Gasteiger partial charge >= 0.3 is 5.97 Å². The number of hydrogen-bond acceptors (Lipinski definition) is 7. The molecule has 0 spiro atoms. The van der Waals surface area contributed by atoms with Gasteiger partial charge in [-0.3, -0.25) is 4.79 Å². The summed E-state index contributed by atoms with van der Waals surface area (Å²) in [6.07, 6.45) is 3.29. The van der Waals surface area contributed by atoms with Gasteiger partial charge in [0.15, 0.2) is 16.6 Å². The Morgan fingerprint density at radius 3 is 2.91 bits per heavy atom.